The van der Waals surface area contributed by atoms with Crippen LogP contribution in [-0.2, 0) is 0 Å². The van der Waals surface area contributed by atoms with Gasteiger partial charge >= 0.3 is 0 Å². The number of para-hydroxylation sites is 1. The summed E-state index contributed by atoms with van der Waals surface area (Å²) in [4.78, 5) is 14.6. The molecule has 82 valence electrons. The fourth-order valence-electron chi connectivity index (χ4n) is 1.40. The van der Waals surface area contributed by atoms with Crippen molar-refractivity contribution in [3.63, 3.8) is 0 Å². The van der Waals surface area contributed by atoms with Gasteiger partial charge in [0.15, 0.2) is 0 Å². The maximum Gasteiger partial charge on any atom is 0.274 e. The third-order valence-electron chi connectivity index (χ3n) is 2.11. The quantitative estimate of drug-likeness (QED) is 0.516. The average molecular weight is 237 g/mol. The van der Waals surface area contributed by atoms with Gasteiger partial charge in [0.05, 0.1) is 0 Å². The third-order valence-corrected chi connectivity index (χ3v) is 2.29. The zero-order valence-corrected chi connectivity index (χ0v) is 8.95. The molecule has 1 amide bonds. The lowest BCUT2D eigenvalue weighted by Gasteiger charge is -1.99. The molecular weight excluding hydrogens is 228 g/mol. The van der Waals surface area contributed by atoms with Crippen molar-refractivity contribution in [1.82, 2.24) is 10.3 Å². The van der Waals surface area contributed by atoms with E-state index in [9.17, 15) is 4.79 Å². The first-order valence-electron chi connectivity index (χ1n) is 4.54. The molecule has 16 heavy (non-hydrogen) atoms. The molecule has 0 bridgehead atoms. The minimum atomic E-state index is -0.377. The Morgan fingerprint density at radius 3 is 2.88 bits per heavy atom. The van der Waals surface area contributed by atoms with E-state index in [2.05, 4.69) is 14.8 Å². The van der Waals surface area contributed by atoms with Crippen LogP contribution >= 0.6 is 11.8 Å². The number of halogens is 1. The maximum atomic E-state index is 11.6. The van der Waals surface area contributed by atoms with Crippen LogP contribution in [0, 0.1) is 0 Å². The lowest BCUT2D eigenvalue weighted by Crippen LogP contribution is -2.36. The lowest BCUT2D eigenvalue weighted by molar-refractivity contribution is 0.0972. The van der Waals surface area contributed by atoms with E-state index in [1.807, 2.05) is 24.3 Å². The number of carbonyl (C=O) groups is 1. The molecule has 4 N–H and O–H groups in total. The molecule has 0 spiro atoms. The summed E-state index contributed by atoms with van der Waals surface area (Å²) in [5.74, 6) is -0.511. The highest BCUT2D eigenvalue weighted by atomic mass is 35.5. The number of nitrogens with two attached hydrogens (primary N) is 1. The van der Waals surface area contributed by atoms with E-state index in [4.69, 9.17) is 17.5 Å². The van der Waals surface area contributed by atoms with Gasteiger partial charge in [-0.25, -0.2) is 0 Å². The molecule has 0 fully saturated rings. The maximum absolute atomic E-state index is 11.6. The number of H-pyrrole nitrogens is 1. The fraction of sp³-hybridized carbons (Fsp3) is 0. The predicted molar refractivity (Wildman–Crippen MR) is 63.2 cm³/mol. The molecular formula is C10H9ClN4O. The molecule has 0 aliphatic carbocycles. The molecule has 6 heteroatoms. The number of nitrogens with one attached hydrogen (secondary N) is 2. The molecule has 0 saturated carbocycles. The number of carbonyl (C=O) groups excluding carboxylic acids is 1. The molecule has 0 saturated heterocycles. The molecule has 1 aromatic carbocycles. The van der Waals surface area contributed by atoms with E-state index >= 15 is 0 Å². The number of amides is 1. The van der Waals surface area contributed by atoms with Crippen LogP contribution in [0.5, 0.6) is 0 Å². The first-order chi connectivity index (χ1) is 7.70. The second-order valence-electron chi connectivity index (χ2n) is 3.19. The summed E-state index contributed by atoms with van der Waals surface area (Å²) >= 11 is 5.10. The monoisotopic (exact) mass is 236 g/mol. The summed E-state index contributed by atoms with van der Waals surface area (Å²) in [6.45, 7) is 0. The van der Waals surface area contributed by atoms with Gasteiger partial charge in [-0.2, -0.15) is 0 Å². The van der Waals surface area contributed by atoms with Crippen LogP contribution in [0.2, 0.25) is 0 Å². The molecule has 5 nitrogen and oxygen atoms in total. The van der Waals surface area contributed by atoms with Gasteiger partial charge in [0.2, 0.25) is 5.96 Å². The number of hydrogen-bond donors (Lipinski definition) is 3. The number of guanidine groups is 1. The average Bonchev–Trinajstić information content (AvgIpc) is 2.72. The summed E-state index contributed by atoms with van der Waals surface area (Å²) in [5, 5.41) is 3.29. The minimum absolute atomic E-state index is 0.134. The summed E-state index contributed by atoms with van der Waals surface area (Å²) < 4.78 is 3.13. The molecule has 1 aromatic heterocycles. The van der Waals surface area contributed by atoms with Crippen LogP contribution < -0.4 is 11.1 Å². The lowest BCUT2D eigenvalue weighted by atomic mass is 10.2. The van der Waals surface area contributed by atoms with Crippen LogP contribution in [0.3, 0.4) is 0 Å². The van der Waals surface area contributed by atoms with Gasteiger partial charge in [0.1, 0.15) is 5.69 Å². The van der Waals surface area contributed by atoms with E-state index in [0.29, 0.717) is 5.69 Å². The predicted octanol–water partition coefficient (Wildman–Crippen LogP) is 1.37. The van der Waals surface area contributed by atoms with Gasteiger partial charge in [-0.15, -0.1) is 4.51 Å². The van der Waals surface area contributed by atoms with Crippen molar-refractivity contribution in [3.8, 4) is 0 Å². The number of nitrogens with zero attached hydrogens (tertiary/aromatic N) is 1. The van der Waals surface area contributed by atoms with Crippen LogP contribution in [0.25, 0.3) is 10.9 Å². The van der Waals surface area contributed by atoms with Crippen LogP contribution in [0.1, 0.15) is 10.5 Å². The zero-order valence-electron chi connectivity index (χ0n) is 8.20. The SMILES string of the molecule is N/C(=N\Cl)NC(=O)c1cc2ccccc2[nH]1. The van der Waals surface area contributed by atoms with Crippen LogP contribution in [0.15, 0.2) is 34.8 Å². The summed E-state index contributed by atoms with van der Waals surface area (Å²) in [6.07, 6.45) is 0. The Morgan fingerprint density at radius 1 is 1.44 bits per heavy atom. The first-order valence-corrected chi connectivity index (χ1v) is 4.88. The Bertz CT molecular complexity index is 528. The van der Waals surface area contributed by atoms with Crippen molar-refractivity contribution in [2.75, 3.05) is 0 Å². The van der Waals surface area contributed by atoms with Gasteiger partial charge in [0, 0.05) is 22.7 Å². The Morgan fingerprint density at radius 2 is 2.19 bits per heavy atom. The normalized spacial score (nSPS) is 11.7. The van der Waals surface area contributed by atoms with E-state index in [1.165, 1.54) is 0 Å². The number of aromatic amines is 1. The second kappa shape index (κ2) is 4.24. The third kappa shape index (κ3) is 1.99. The molecule has 2 aromatic rings. The minimum Gasteiger partial charge on any atom is -0.369 e. The molecule has 0 aliphatic heterocycles. The number of hydrogen-bond acceptors (Lipinski definition) is 2. The molecule has 0 aliphatic rings. The highest BCUT2D eigenvalue weighted by Gasteiger charge is 2.09. The summed E-state index contributed by atoms with van der Waals surface area (Å²) in [5.41, 5.74) is 6.57. The van der Waals surface area contributed by atoms with Crippen molar-refractivity contribution in [2.45, 2.75) is 0 Å². The van der Waals surface area contributed by atoms with E-state index in [0.717, 1.165) is 10.9 Å². The summed E-state index contributed by atoms with van der Waals surface area (Å²) in [7, 11) is 0. The van der Waals surface area contributed by atoms with Gasteiger partial charge in [-0.05, 0) is 12.1 Å². The molecule has 0 atom stereocenters. The van der Waals surface area contributed by atoms with Crippen molar-refractivity contribution >= 4 is 34.5 Å². The van der Waals surface area contributed by atoms with Crippen LogP contribution in [-0.4, -0.2) is 16.9 Å². The number of aromatic nitrogens is 1. The van der Waals surface area contributed by atoms with Crippen LogP contribution in [0.4, 0.5) is 0 Å². The van der Waals surface area contributed by atoms with E-state index in [-0.39, 0.29) is 11.9 Å². The zero-order chi connectivity index (χ0) is 11.5. The second-order valence-corrected chi connectivity index (χ2v) is 3.36. The van der Waals surface area contributed by atoms with Gasteiger partial charge in [-0.1, -0.05) is 18.2 Å². The van der Waals surface area contributed by atoms with Crippen molar-refractivity contribution < 1.29 is 4.79 Å². The molecule has 0 radical (unpaired) electrons. The first kappa shape index (κ1) is 10.5. The van der Waals surface area contributed by atoms with E-state index < -0.39 is 0 Å². The smallest absolute Gasteiger partial charge is 0.274 e. The molecule has 0 unspecified atom stereocenters. The Balaban J connectivity index is 2.30. The van der Waals surface area contributed by atoms with E-state index in [1.54, 1.807) is 6.07 Å². The van der Waals surface area contributed by atoms with Crippen molar-refractivity contribution in [2.24, 2.45) is 10.2 Å². The summed E-state index contributed by atoms with van der Waals surface area (Å²) in [6, 6.07) is 9.29. The van der Waals surface area contributed by atoms with Crippen molar-refractivity contribution in [1.29, 1.82) is 0 Å². The standard InChI is InChI=1S/C10H9ClN4O/c11-15-10(12)14-9(16)8-5-6-3-1-2-4-7(6)13-8/h1-5,13H,(H3,12,14,15,16). The Labute approximate surface area is 96.4 Å². The number of rotatable bonds is 1. The number of fused-ring (bicyclic) bond motifs is 1. The van der Waals surface area contributed by atoms with Gasteiger partial charge in [0.25, 0.3) is 5.91 Å². The van der Waals surface area contributed by atoms with Gasteiger partial charge in [-0.3, -0.25) is 10.1 Å². The Kier molecular flexibility index (Phi) is 2.78. The highest BCUT2D eigenvalue weighted by molar-refractivity contribution is 6.21. The number of benzene rings is 1. The molecule has 1 heterocycles. The van der Waals surface area contributed by atoms with Crippen molar-refractivity contribution in [3.05, 3.63) is 36.0 Å². The topological polar surface area (TPSA) is 83.3 Å². The largest absolute Gasteiger partial charge is 0.369 e. The highest BCUT2D eigenvalue weighted by Crippen LogP contribution is 2.14. The fourth-order valence-corrected chi connectivity index (χ4v) is 1.44. The molecule has 2 rings (SSSR count). The van der Waals surface area contributed by atoms with Gasteiger partial charge < -0.3 is 10.7 Å². The Hall–Kier alpha value is -2.01.